The maximum atomic E-state index is 9.27. The van der Waals surface area contributed by atoms with Crippen molar-refractivity contribution in [1.29, 1.82) is 0 Å². The molecular weight excluding hydrogens is 411 g/mol. The van der Waals surface area contributed by atoms with Gasteiger partial charge in [0.25, 0.3) is 0 Å². The molecule has 0 fully saturated rings. The smallest absolute Gasteiger partial charge is 0.231 e. The third-order valence-corrected chi connectivity index (χ3v) is 4.16. The van der Waals surface area contributed by atoms with E-state index in [0.29, 0.717) is 39.6 Å². The van der Waals surface area contributed by atoms with E-state index in [-0.39, 0.29) is 13.2 Å². The minimum Gasteiger partial charge on any atom is -0.394 e. The summed E-state index contributed by atoms with van der Waals surface area (Å²) in [6.45, 7) is 2.81. The molecule has 0 heterocycles. The Morgan fingerprint density at radius 2 is 1.37 bits per heavy atom. The topological polar surface area (TPSA) is 77.4 Å². The van der Waals surface area contributed by atoms with E-state index >= 15 is 0 Å². The van der Waals surface area contributed by atoms with Crippen molar-refractivity contribution in [3.8, 4) is 0 Å². The van der Waals surface area contributed by atoms with Gasteiger partial charge in [0.2, 0.25) is 3.97 Å². The predicted molar refractivity (Wildman–Crippen MR) is 77.9 cm³/mol. The van der Waals surface area contributed by atoms with E-state index < -0.39 is 8.98 Å². The third kappa shape index (κ3) is 13.7. The van der Waals surface area contributed by atoms with Crippen molar-refractivity contribution in [2.24, 2.45) is 0 Å². The Bertz CT molecular complexity index is 205. The van der Waals surface area contributed by atoms with Crippen LogP contribution in [0.25, 0.3) is 0 Å². The lowest BCUT2D eigenvalue weighted by Gasteiger charge is -2.19. The first-order valence-corrected chi connectivity index (χ1v) is 7.77. The second-order valence-electron chi connectivity index (χ2n) is 3.34. The zero-order chi connectivity index (χ0) is 14.6. The van der Waals surface area contributed by atoms with Crippen LogP contribution in [0.3, 0.4) is 0 Å². The zero-order valence-electron chi connectivity index (χ0n) is 10.4. The molecule has 2 unspecified atom stereocenters. The molecule has 6 nitrogen and oxygen atoms in total. The first kappa shape index (κ1) is 20.0. The molecule has 19 heavy (non-hydrogen) atoms. The Morgan fingerprint density at radius 3 is 1.79 bits per heavy atom. The normalized spacial score (nSPS) is 16.3. The fourth-order valence-electron chi connectivity index (χ4n) is 0.917. The number of hydrogen-bond acceptors (Lipinski definition) is 6. The largest absolute Gasteiger partial charge is 0.394 e. The lowest BCUT2D eigenvalue weighted by molar-refractivity contribution is -0.0187. The van der Waals surface area contributed by atoms with Gasteiger partial charge in [-0.2, -0.15) is 0 Å². The van der Waals surface area contributed by atoms with Gasteiger partial charge in [0.1, 0.15) is 0 Å². The summed E-state index contributed by atoms with van der Waals surface area (Å²) in [5, 5.41) is 17.0. The molecule has 9 heteroatoms. The molecule has 0 spiro atoms. The van der Waals surface area contributed by atoms with Crippen molar-refractivity contribution in [3.05, 3.63) is 0 Å². The van der Waals surface area contributed by atoms with E-state index in [1.165, 1.54) is 0 Å². The lowest BCUT2D eigenvalue weighted by Crippen LogP contribution is -2.28. The molecule has 2 atom stereocenters. The van der Waals surface area contributed by atoms with E-state index in [0.717, 1.165) is 0 Å². The van der Waals surface area contributed by atoms with Gasteiger partial charge < -0.3 is 29.2 Å². The summed E-state index contributed by atoms with van der Waals surface area (Å²) in [6.07, 6.45) is 0. The van der Waals surface area contributed by atoms with Gasteiger partial charge in [-0.1, -0.05) is 27.5 Å². The SMILES string of the molecule is OCCOCCOCCOCCOC(Br)C(O)(Cl)Br. The maximum absolute atomic E-state index is 9.27. The molecule has 116 valence electrons. The molecule has 0 aliphatic rings. The number of ether oxygens (including phenoxy) is 4. The predicted octanol–water partition coefficient (Wildman–Crippen LogP) is 1.05. The lowest BCUT2D eigenvalue weighted by atomic mass is 10.7. The standard InChI is InChI=1S/C10H19Br2ClO6/c11-9(10(12,13)15)19-8-7-18-6-5-17-4-3-16-2-1-14/h9,14-15H,1-8H2. The van der Waals surface area contributed by atoms with Crippen LogP contribution in [-0.4, -0.2) is 72.1 Å². The summed E-state index contributed by atoms with van der Waals surface area (Å²) in [4.78, 5) is 0. The quantitative estimate of drug-likeness (QED) is 0.336. The molecule has 0 bridgehead atoms. The van der Waals surface area contributed by atoms with Crippen LogP contribution in [0.4, 0.5) is 0 Å². The van der Waals surface area contributed by atoms with Crippen molar-refractivity contribution >= 4 is 43.5 Å². The second kappa shape index (κ2) is 12.7. The summed E-state index contributed by atoms with van der Waals surface area (Å²) in [5.41, 5.74) is 0. The first-order chi connectivity index (χ1) is 8.98. The fourth-order valence-corrected chi connectivity index (χ4v) is 1.30. The van der Waals surface area contributed by atoms with Gasteiger partial charge in [-0.25, -0.2) is 0 Å². The minimum absolute atomic E-state index is 0.0174. The molecule has 0 aromatic heterocycles. The van der Waals surface area contributed by atoms with Gasteiger partial charge in [0.05, 0.1) is 52.9 Å². The van der Waals surface area contributed by atoms with E-state index in [1.54, 1.807) is 0 Å². The summed E-state index contributed by atoms with van der Waals surface area (Å²) in [7, 11) is 0. The average Bonchev–Trinajstić information content (AvgIpc) is 2.34. The zero-order valence-corrected chi connectivity index (χ0v) is 14.3. The number of aliphatic hydroxyl groups excluding tert-OH is 1. The first-order valence-electron chi connectivity index (χ1n) is 5.68. The van der Waals surface area contributed by atoms with Crippen LogP contribution < -0.4 is 0 Å². The third-order valence-electron chi connectivity index (χ3n) is 1.74. The van der Waals surface area contributed by atoms with Crippen LogP contribution in [0.2, 0.25) is 0 Å². The Balaban J connectivity index is 3.15. The molecule has 0 aromatic carbocycles. The molecular formula is C10H19Br2ClO6. The number of hydrogen-bond donors (Lipinski definition) is 2. The fraction of sp³-hybridized carbons (Fsp3) is 1.00. The average molecular weight is 431 g/mol. The summed E-state index contributed by atoms with van der Waals surface area (Å²) in [6, 6.07) is 0. The second-order valence-corrected chi connectivity index (χ2v) is 6.41. The van der Waals surface area contributed by atoms with Crippen LogP contribution in [0, 0.1) is 0 Å². The monoisotopic (exact) mass is 428 g/mol. The van der Waals surface area contributed by atoms with Crippen LogP contribution in [-0.2, 0) is 18.9 Å². The van der Waals surface area contributed by atoms with Crippen molar-refractivity contribution in [1.82, 2.24) is 0 Å². The molecule has 0 aliphatic heterocycles. The number of halogens is 3. The van der Waals surface area contributed by atoms with Crippen LogP contribution in [0.1, 0.15) is 0 Å². The van der Waals surface area contributed by atoms with E-state index in [9.17, 15) is 5.11 Å². The maximum Gasteiger partial charge on any atom is 0.231 e. The summed E-state index contributed by atoms with van der Waals surface area (Å²) < 4.78 is 19.0. The Hall–Kier alpha value is 1.01. The highest BCUT2D eigenvalue weighted by molar-refractivity contribution is 9.12. The molecule has 0 aliphatic carbocycles. The molecule has 0 rings (SSSR count). The summed E-state index contributed by atoms with van der Waals surface area (Å²) in [5.74, 6) is 0. The molecule has 0 radical (unpaired) electrons. The van der Waals surface area contributed by atoms with Gasteiger partial charge in [0, 0.05) is 0 Å². The van der Waals surface area contributed by atoms with E-state index in [1.807, 2.05) is 0 Å². The van der Waals surface area contributed by atoms with Crippen LogP contribution >= 0.6 is 43.5 Å². The van der Waals surface area contributed by atoms with Crippen molar-refractivity contribution < 1.29 is 29.2 Å². The number of aliphatic hydroxyl groups is 2. The number of alkyl halides is 3. The molecule has 0 saturated carbocycles. The van der Waals surface area contributed by atoms with Gasteiger partial charge in [-0.15, -0.1) is 0 Å². The van der Waals surface area contributed by atoms with E-state index in [4.69, 9.17) is 35.7 Å². The molecule has 2 N–H and O–H groups in total. The molecule has 0 saturated heterocycles. The highest BCUT2D eigenvalue weighted by atomic mass is 79.9. The Kier molecular flexibility index (Phi) is 13.4. The molecule has 0 amide bonds. The Labute approximate surface area is 134 Å². The van der Waals surface area contributed by atoms with Gasteiger partial charge in [-0.3, -0.25) is 0 Å². The van der Waals surface area contributed by atoms with Gasteiger partial charge >= 0.3 is 0 Å². The van der Waals surface area contributed by atoms with Gasteiger partial charge in [-0.05, 0) is 15.9 Å². The Morgan fingerprint density at radius 1 is 0.947 bits per heavy atom. The minimum atomic E-state index is -1.63. The van der Waals surface area contributed by atoms with Crippen LogP contribution in [0.5, 0.6) is 0 Å². The summed E-state index contributed by atoms with van der Waals surface area (Å²) >= 11 is 11.4. The van der Waals surface area contributed by atoms with Crippen molar-refractivity contribution in [3.63, 3.8) is 0 Å². The van der Waals surface area contributed by atoms with Crippen LogP contribution in [0.15, 0.2) is 0 Å². The van der Waals surface area contributed by atoms with E-state index in [2.05, 4.69) is 31.9 Å². The highest BCUT2D eigenvalue weighted by Gasteiger charge is 2.29. The molecule has 0 aromatic rings. The van der Waals surface area contributed by atoms with Crippen molar-refractivity contribution in [2.45, 2.75) is 8.98 Å². The highest BCUT2D eigenvalue weighted by Crippen LogP contribution is 2.30. The van der Waals surface area contributed by atoms with Crippen molar-refractivity contribution in [2.75, 3.05) is 52.9 Å². The number of rotatable bonds is 13. The van der Waals surface area contributed by atoms with Gasteiger partial charge in [0.15, 0.2) is 5.01 Å².